The lowest BCUT2D eigenvalue weighted by Crippen LogP contribution is -2.62. The molecule has 2 rings (SSSR count). The van der Waals surface area contributed by atoms with Gasteiger partial charge in [-0.15, -0.1) is 0 Å². The molecule has 2 aromatic carbocycles. The highest BCUT2D eigenvalue weighted by Crippen LogP contribution is 2.53. The van der Waals surface area contributed by atoms with Crippen LogP contribution in [0.3, 0.4) is 0 Å². The predicted octanol–water partition coefficient (Wildman–Crippen LogP) is 8.45. The second kappa shape index (κ2) is 12.6. The van der Waals surface area contributed by atoms with E-state index in [1.807, 2.05) is 0 Å². The van der Waals surface area contributed by atoms with Gasteiger partial charge < -0.3 is 14.2 Å². The molecule has 0 radical (unpaired) electrons. The molecule has 13 heteroatoms. The third kappa shape index (κ3) is 7.70. The molecular formula is C25H25F9O4. The van der Waals surface area contributed by atoms with Crippen molar-refractivity contribution in [3.8, 4) is 17.2 Å². The van der Waals surface area contributed by atoms with Crippen LogP contribution in [0.1, 0.15) is 55.8 Å². The highest BCUT2D eigenvalue weighted by molar-refractivity contribution is 5.91. The Bertz CT molecular complexity index is 1020. The number of benzene rings is 2. The summed E-state index contributed by atoms with van der Waals surface area (Å²) in [7, 11) is 0. The summed E-state index contributed by atoms with van der Waals surface area (Å²) in [5.41, 5.74) is 0.0813. The Hall–Kier alpha value is -3.12. The SMILES string of the molecule is CCCCCCCCOc1ccc(C(=O)Oc2ccc(OC(F)(F)C(F)(F)C(F)(F)C(F)(F)F)cc2)cc1. The summed E-state index contributed by atoms with van der Waals surface area (Å²) in [6.45, 7) is 2.63. The number of rotatable bonds is 14. The molecule has 38 heavy (non-hydrogen) atoms. The Kier molecular flexibility index (Phi) is 10.3. The van der Waals surface area contributed by atoms with Crippen molar-refractivity contribution in [2.75, 3.05) is 6.61 Å². The van der Waals surface area contributed by atoms with Crippen LogP contribution in [0.2, 0.25) is 0 Å². The van der Waals surface area contributed by atoms with Crippen LogP contribution in [-0.2, 0) is 0 Å². The van der Waals surface area contributed by atoms with E-state index in [-0.39, 0.29) is 11.3 Å². The summed E-state index contributed by atoms with van der Waals surface area (Å²) in [5.74, 6) is -15.8. The van der Waals surface area contributed by atoms with Crippen molar-refractivity contribution in [3.63, 3.8) is 0 Å². The summed E-state index contributed by atoms with van der Waals surface area (Å²) < 4.78 is 130. The van der Waals surface area contributed by atoms with Gasteiger partial charge in [0.05, 0.1) is 12.2 Å². The molecular weight excluding hydrogens is 535 g/mol. The summed E-state index contributed by atoms with van der Waals surface area (Å²) >= 11 is 0. The summed E-state index contributed by atoms with van der Waals surface area (Å²) in [4.78, 5) is 12.3. The number of hydrogen-bond acceptors (Lipinski definition) is 4. The molecule has 2 aromatic rings. The number of ether oxygens (including phenoxy) is 3. The quantitative estimate of drug-likeness (QED) is 0.101. The van der Waals surface area contributed by atoms with Gasteiger partial charge in [0.25, 0.3) is 0 Å². The minimum absolute atomic E-state index is 0.0813. The Labute approximate surface area is 212 Å². The topological polar surface area (TPSA) is 44.8 Å². The fourth-order valence-electron chi connectivity index (χ4n) is 3.07. The molecule has 0 fully saturated rings. The van der Waals surface area contributed by atoms with Crippen LogP contribution >= 0.6 is 0 Å². The van der Waals surface area contributed by atoms with Crippen LogP contribution < -0.4 is 14.2 Å². The lowest BCUT2D eigenvalue weighted by Gasteiger charge is -2.32. The molecule has 4 nitrogen and oxygen atoms in total. The largest absolute Gasteiger partial charge is 0.494 e. The van der Waals surface area contributed by atoms with Crippen molar-refractivity contribution in [2.45, 2.75) is 69.6 Å². The molecule has 0 spiro atoms. The Morgan fingerprint density at radius 2 is 1.16 bits per heavy atom. The van der Waals surface area contributed by atoms with Gasteiger partial charge in [0, 0.05) is 0 Å². The molecule has 212 valence electrons. The number of carbonyl (C=O) groups excluding carboxylic acids is 1. The molecule has 0 N–H and O–H groups in total. The van der Waals surface area contributed by atoms with E-state index < -0.39 is 35.8 Å². The normalized spacial score (nSPS) is 12.8. The van der Waals surface area contributed by atoms with Crippen LogP contribution in [0.5, 0.6) is 17.2 Å². The van der Waals surface area contributed by atoms with Gasteiger partial charge in [-0.2, -0.15) is 39.5 Å². The summed E-state index contributed by atoms with van der Waals surface area (Å²) in [6.07, 6.45) is -6.63. The lowest BCUT2D eigenvalue weighted by atomic mass is 10.1. The summed E-state index contributed by atoms with van der Waals surface area (Å²) in [5, 5.41) is 0. The van der Waals surface area contributed by atoms with Crippen molar-refractivity contribution < 1.29 is 58.5 Å². The van der Waals surface area contributed by atoms with Crippen molar-refractivity contribution in [1.29, 1.82) is 0 Å². The van der Waals surface area contributed by atoms with Crippen molar-refractivity contribution >= 4 is 5.97 Å². The van der Waals surface area contributed by atoms with Gasteiger partial charge in [0.2, 0.25) is 0 Å². The van der Waals surface area contributed by atoms with E-state index in [9.17, 15) is 44.3 Å². The zero-order valence-corrected chi connectivity index (χ0v) is 20.1. The van der Waals surface area contributed by atoms with Crippen molar-refractivity contribution in [3.05, 3.63) is 54.1 Å². The van der Waals surface area contributed by atoms with Gasteiger partial charge in [-0.3, -0.25) is 0 Å². The highest BCUT2D eigenvalue weighted by atomic mass is 19.4. The Morgan fingerprint density at radius 1 is 0.658 bits per heavy atom. The number of carbonyl (C=O) groups is 1. The molecule has 0 aromatic heterocycles. The summed E-state index contributed by atoms with van der Waals surface area (Å²) in [6, 6.07) is 8.50. The minimum atomic E-state index is -7.08. The number of esters is 1. The maximum Gasteiger partial charge on any atom is 0.471 e. The maximum atomic E-state index is 13.6. The molecule has 0 bridgehead atoms. The molecule has 0 aliphatic rings. The van der Waals surface area contributed by atoms with Gasteiger partial charge >= 0.3 is 30.1 Å². The number of unbranched alkanes of at least 4 members (excludes halogenated alkanes) is 5. The first-order chi connectivity index (χ1) is 17.6. The van der Waals surface area contributed by atoms with Crippen LogP contribution in [0.25, 0.3) is 0 Å². The molecule has 0 aliphatic heterocycles. The van der Waals surface area contributed by atoms with E-state index >= 15 is 0 Å². The average Bonchev–Trinajstić information content (AvgIpc) is 2.84. The molecule has 0 unspecified atom stereocenters. The first-order valence-corrected chi connectivity index (χ1v) is 11.6. The average molecular weight is 560 g/mol. The first-order valence-electron chi connectivity index (χ1n) is 11.6. The number of hydrogen-bond donors (Lipinski definition) is 0. The molecule has 0 heterocycles. The van der Waals surface area contributed by atoms with Gasteiger partial charge in [0.15, 0.2) is 0 Å². The van der Waals surface area contributed by atoms with E-state index in [1.54, 1.807) is 0 Å². The zero-order chi connectivity index (χ0) is 28.6. The number of halogens is 9. The lowest BCUT2D eigenvalue weighted by molar-refractivity contribution is -0.428. The zero-order valence-electron chi connectivity index (χ0n) is 20.1. The second-order valence-electron chi connectivity index (χ2n) is 8.27. The Morgan fingerprint density at radius 3 is 1.71 bits per heavy atom. The Balaban J connectivity index is 1.92. The van der Waals surface area contributed by atoms with Crippen LogP contribution in [-0.4, -0.2) is 36.7 Å². The van der Waals surface area contributed by atoms with E-state index in [0.717, 1.165) is 37.8 Å². The van der Waals surface area contributed by atoms with Gasteiger partial charge in [-0.05, 0) is 55.0 Å². The molecule has 0 amide bonds. The van der Waals surface area contributed by atoms with Crippen LogP contribution in [0.15, 0.2) is 48.5 Å². The van der Waals surface area contributed by atoms with E-state index in [2.05, 4.69) is 11.7 Å². The second-order valence-corrected chi connectivity index (χ2v) is 8.27. The molecule has 0 saturated carbocycles. The predicted molar refractivity (Wildman–Crippen MR) is 118 cm³/mol. The molecule has 0 saturated heterocycles. The van der Waals surface area contributed by atoms with E-state index in [0.29, 0.717) is 24.5 Å². The van der Waals surface area contributed by atoms with E-state index in [4.69, 9.17) is 9.47 Å². The smallest absolute Gasteiger partial charge is 0.471 e. The van der Waals surface area contributed by atoms with Gasteiger partial charge in [0.1, 0.15) is 17.2 Å². The molecule has 0 atom stereocenters. The first kappa shape index (κ1) is 31.1. The highest BCUT2D eigenvalue weighted by Gasteiger charge is 2.83. The van der Waals surface area contributed by atoms with Crippen LogP contribution in [0, 0.1) is 0 Å². The minimum Gasteiger partial charge on any atom is -0.494 e. The third-order valence-corrected chi connectivity index (χ3v) is 5.25. The monoisotopic (exact) mass is 560 g/mol. The van der Waals surface area contributed by atoms with E-state index in [1.165, 1.54) is 37.1 Å². The van der Waals surface area contributed by atoms with Gasteiger partial charge in [-0.25, -0.2) is 4.79 Å². The van der Waals surface area contributed by atoms with Crippen LogP contribution in [0.4, 0.5) is 39.5 Å². The fraction of sp³-hybridized carbons (Fsp3) is 0.480. The van der Waals surface area contributed by atoms with Crippen molar-refractivity contribution in [1.82, 2.24) is 0 Å². The standard InChI is InChI=1S/C25H25F9O4/c1-2-3-4-5-6-7-16-36-18-10-8-17(9-11-18)21(35)37-19-12-14-20(15-13-19)38-25(33,34)23(28,29)22(26,27)24(30,31)32/h8-15H,2-7,16H2,1H3. The maximum absolute atomic E-state index is 13.6. The van der Waals surface area contributed by atoms with Gasteiger partial charge in [-0.1, -0.05) is 39.0 Å². The third-order valence-electron chi connectivity index (χ3n) is 5.25. The number of alkyl halides is 9. The van der Waals surface area contributed by atoms with Crippen molar-refractivity contribution in [2.24, 2.45) is 0 Å². The fourth-order valence-corrected chi connectivity index (χ4v) is 3.07. The molecule has 0 aliphatic carbocycles.